The van der Waals surface area contributed by atoms with E-state index in [4.69, 9.17) is 0 Å². The summed E-state index contributed by atoms with van der Waals surface area (Å²) < 4.78 is 0.866. The molecule has 0 unspecified atom stereocenters. The van der Waals surface area contributed by atoms with E-state index < -0.39 is 0 Å². The van der Waals surface area contributed by atoms with Gasteiger partial charge in [0.1, 0.15) is 5.69 Å². The number of hydrogen-bond acceptors (Lipinski definition) is 2. The summed E-state index contributed by atoms with van der Waals surface area (Å²) in [6, 6.07) is 11.7. The number of pyridine rings is 1. The van der Waals surface area contributed by atoms with Gasteiger partial charge in [0.2, 0.25) is 0 Å². The van der Waals surface area contributed by atoms with E-state index in [1.165, 1.54) is 5.56 Å². The molecule has 2 aromatic rings. The molecule has 1 aromatic carbocycles. The highest BCUT2D eigenvalue weighted by molar-refractivity contribution is 9.10. The van der Waals surface area contributed by atoms with Gasteiger partial charge in [-0.05, 0) is 40.5 Å². The third-order valence-electron chi connectivity index (χ3n) is 2.83. The number of rotatable bonds is 3. The number of nitrogens with zero attached hydrogens (tertiary/aromatic N) is 2. The minimum atomic E-state index is -0.0759. The highest BCUT2D eigenvalue weighted by atomic mass is 79.9. The van der Waals surface area contributed by atoms with Crippen molar-refractivity contribution in [1.29, 1.82) is 0 Å². The van der Waals surface area contributed by atoms with Crippen LogP contribution in [0.3, 0.4) is 0 Å². The normalized spacial score (nSPS) is 10.3. The molecular weight excluding hydrogens is 304 g/mol. The van der Waals surface area contributed by atoms with Gasteiger partial charge in [0.25, 0.3) is 5.91 Å². The van der Waals surface area contributed by atoms with Gasteiger partial charge >= 0.3 is 0 Å². The average molecular weight is 319 g/mol. The Morgan fingerprint density at radius 1 is 1.21 bits per heavy atom. The summed E-state index contributed by atoms with van der Waals surface area (Å²) in [6.07, 6.45) is 1.63. The zero-order valence-corrected chi connectivity index (χ0v) is 12.5. The zero-order valence-electron chi connectivity index (χ0n) is 10.9. The highest BCUT2D eigenvalue weighted by Gasteiger charge is 2.13. The number of hydrogen-bond donors (Lipinski definition) is 0. The van der Waals surface area contributed by atoms with E-state index in [2.05, 4.69) is 20.9 Å². The fourth-order valence-electron chi connectivity index (χ4n) is 1.74. The number of carbonyl (C=O) groups is 1. The molecule has 0 atom stereocenters. The fourth-order valence-corrected chi connectivity index (χ4v) is 1.97. The number of halogens is 1. The van der Waals surface area contributed by atoms with Crippen LogP contribution in [-0.2, 0) is 6.54 Å². The molecule has 0 N–H and O–H groups in total. The van der Waals surface area contributed by atoms with E-state index in [-0.39, 0.29) is 5.91 Å². The van der Waals surface area contributed by atoms with E-state index in [0.717, 1.165) is 10.0 Å². The Balaban J connectivity index is 2.07. The van der Waals surface area contributed by atoms with Gasteiger partial charge < -0.3 is 4.90 Å². The molecule has 98 valence electrons. The van der Waals surface area contributed by atoms with Crippen LogP contribution in [0.15, 0.2) is 47.1 Å². The molecular formula is C15H15BrN2O. The lowest BCUT2D eigenvalue weighted by molar-refractivity contribution is 0.0779. The fraction of sp³-hybridized carbons (Fsp3) is 0.200. The van der Waals surface area contributed by atoms with Crippen molar-refractivity contribution < 1.29 is 4.79 Å². The minimum Gasteiger partial charge on any atom is -0.336 e. The molecule has 0 fully saturated rings. The van der Waals surface area contributed by atoms with Crippen molar-refractivity contribution in [2.75, 3.05) is 7.05 Å². The van der Waals surface area contributed by atoms with Crippen molar-refractivity contribution >= 4 is 21.8 Å². The summed E-state index contributed by atoms with van der Waals surface area (Å²) in [6.45, 7) is 2.63. The molecule has 19 heavy (non-hydrogen) atoms. The zero-order chi connectivity index (χ0) is 13.8. The second-order valence-electron chi connectivity index (χ2n) is 4.51. The van der Waals surface area contributed by atoms with E-state index in [1.807, 2.05) is 37.3 Å². The third kappa shape index (κ3) is 3.64. The maximum atomic E-state index is 12.2. The van der Waals surface area contributed by atoms with Crippen molar-refractivity contribution in [2.24, 2.45) is 0 Å². The smallest absolute Gasteiger partial charge is 0.272 e. The van der Waals surface area contributed by atoms with E-state index >= 15 is 0 Å². The second-order valence-corrected chi connectivity index (χ2v) is 5.42. The lowest BCUT2D eigenvalue weighted by atomic mass is 10.1. The largest absolute Gasteiger partial charge is 0.336 e. The molecule has 2 rings (SSSR count). The summed E-state index contributed by atoms with van der Waals surface area (Å²) in [5, 5.41) is 0. The Kier molecular flexibility index (Phi) is 4.32. The van der Waals surface area contributed by atoms with Crippen LogP contribution in [0.25, 0.3) is 0 Å². The van der Waals surface area contributed by atoms with Crippen molar-refractivity contribution in [2.45, 2.75) is 13.5 Å². The van der Waals surface area contributed by atoms with Crippen LogP contribution in [0.2, 0.25) is 0 Å². The number of aryl methyl sites for hydroxylation is 1. The summed E-state index contributed by atoms with van der Waals surface area (Å²) in [5.74, 6) is -0.0759. The SMILES string of the molecule is Cc1ccc(CN(C)C(=O)c2ccc(Br)cn2)cc1. The molecule has 0 aliphatic carbocycles. The van der Waals surface area contributed by atoms with E-state index in [0.29, 0.717) is 12.2 Å². The Labute approximate surface area is 121 Å². The number of carbonyl (C=O) groups excluding carboxylic acids is 1. The average Bonchev–Trinajstić information content (AvgIpc) is 2.41. The Morgan fingerprint density at radius 2 is 1.89 bits per heavy atom. The Bertz CT molecular complexity index is 564. The number of aromatic nitrogens is 1. The van der Waals surface area contributed by atoms with Crippen molar-refractivity contribution in [3.63, 3.8) is 0 Å². The van der Waals surface area contributed by atoms with Crippen LogP contribution in [0.5, 0.6) is 0 Å². The molecule has 0 radical (unpaired) electrons. The van der Waals surface area contributed by atoms with Crippen LogP contribution in [0.1, 0.15) is 21.6 Å². The molecule has 1 amide bonds. The molecule has 3 nitrogen and oxygen atoms in total. The lowest BCUT2D eigenvalue weighted by Gasteiger charge is -2.16. The van der Waals surface area contributed by atoms with Gasteiger partial charge in [0, 0.05) is 24.3 Å². The monoisotopic (exact) mass is 318 g/mol. The number of benzene rings is 1. The van der Waals surface area contributed by atoms with Crippen LogP contribution in [-0.4, -0.2) is 22.8 Å². The highest BCUT2D eigenvalue weighted by Crippen LogP contribution is 2.11. The summed E-state index contributed by atoms with van der Waals surface area (Å²) in [5.41, 5.74) is 2.78. The predicted molar refractivity (Wildman–Crippen MR) is 78.9 cm³/mol. The van der Waals surface area contributed by atoms with Gasteiger partial charge in [0.05, 0.1) is 0 Å². The molecule has 0 aliphatic rings. The number of amides is 1. The minimum absolute atomic E-state index is 0.0759. The third-order valence-corrected chi connectivity index (χ3v) is 3.30. The van der Waals surface area contributed by atoms with Crippen LogP contribution in [0, 0.1) is 6.92 Å². The molecule has 0 bridgehead atoms. The first kappa shape index (κ1) is 13.7. The predicted octanol–water partition coefficient (Wildman–Crippen LogP) is 3.42. The van der Waals surface area contributed by atoms with Gasteiger partial charge in [-0.1, -0.05) is 29.8 Å². The molecule has 0 spiro atoms. The van der Waals surface area contributed by atoms with Crippen LogP contribution >= 0.6 is 15.9 Å². The maximum absolute atomic E-state index is 12.2. The van der Waals surface area contributed by atoms with Crippen molar-refractivity contribution in [3.8, 4) is 0 Å². The quantitative estimate of drug-likeness (QED) is 0.868. The Hall–Kier alpha value is -1.68. The van der Waals surface area contributed by atoms with Crippen molar-refractivity contribution in [1.82, 2.24) is 9.88 Å². The van der Waals surface area contributed by atoms with E-state index in [1.54, 1.807) is 24.2 Å². The molecule has 4 heteroatoms. The molecule has 0 saturated carbocycles. The molecule has 1 aromatic heterocycles. The van der Waals surface area contributed by atoms with Gasteiger partial charge in [-0.3, -0.25) is 4.79 Å². The first-order valence-corrected chi connectivity index (χ1v) is 6.78. The first-order chi connectivity index (χ1) is 9.06. The van der Waals surface area contributed by atoms with E-state index in [9.17, 15) is 4.79 Å². The van der Waals surface area contributed by atoms with Gasteiger partial charge in [-0.2, -0.15) is 0 Å². The topological polar surface area (TPSA) is 33.2 Å². The van der Waals surface area contributed by atoms with Gasteiger partial charge in [0.15, 0.2) is 0 Å². The van der Waals surface area contributed by atoms with Crippen LogP contribution < -0.4 is 0 Å². The summed E-state index contributed by atoms with van der Waals surface area (Å²) in [4.78, 5) is 18.0. The first-order valence-electron chi connectivity index (χ1n) is 5.99. The summed E-state index contributed by atoms with van der Waals surface area (Å²) >= 11 is 3.30. The standard InChI is InChI=1S/C15H15BrN2O/c1-11-3-5-12(6-4-11)10-18(2)15(19)14-8-7-13(16)9-17-14/h3-9H,10H2,1-2H3. The van der Waals surface area contributed by atoms with Crippen molar-refractivity contribution in [3.05, 3.63) is 63.9 Å². The maximum Gasteiger partial charge on any atom is 0.272 e. The van der Waals surface area contributed by atoms with Crippen LogP contribution in [0.4, 0.5) is 0 Å². The molecule has 1 heterocycles. The lowest BCUT2D eigenvalue weighted by Crippen LogP contribution is -2.26. The van der Waals surface area contributed by atoms with Gasteiger partial charge in [-0.15, -0.1) is 0 Å². The molecule has 0 aliphatic heterocycles. The van der Waals surface area contributed by atoms with Gasteiger partial charge in [-0.25, -0.2) is 4.98 Å². The second kappa shape index (κ2) is 5.97. The molecule has 0 saturated heterocycles. The Morgan fingerprint density at radius 3 is 2.47 bits per heavy atom. The summed E-state index contributed by atoms with van der Waals surface area (Å²) in [7, 11) is 1.78.